The molecule has 0 aliphatic carbocycles. The monoisotopic (exact) mass is 399 g/mol. The Morgan fingerprint density at radius 3 is 2.52 bits per heavy atom. The maximum absolute atomic E-state index is 12.7. The van der Waals surface area contributed by atoms with Crippen LogP contribution in [-0.4, -0.2) is 59.5 Å². The molecule has 156 valence electrons. The summed E-state index contributed by atoms with van der Waals surface area (Å²) in [6, 6.07) is 9.22. The number of aromatic nitrogens is 1. The van der Waals surface area contributed by atoms with E-state index >= 15 is 0 Å². The molecule has 0 unspecified atom stereocenters. The molecule has 7 nitrogen and oxygen atoms in total. The molecule has 0 radical (unpaired) electrons. The number of likely N-dealkylation sites (N-methyl/N-ethyl adjacent to an activating group) is 1. The van der Waals surface area contributed by atoms with Crippen LogP contribution in [0.25, 0.3) is 0 Å². The Bertz CT molecular complexity index is 880. The molecule has 3 rings (SSSR count). The van der Waals surface area contributed by atoms with Gasteiger partial charge in [-0.15, -0.1) is 0 Å². The van der Waals surface area contributed by atoms with Crippen molar-refractivity contribution in [3.63, 3.8) is 0 Å². The van der Waals surface area contributed by atoms with Crippen molar-refractivity contribution in [2.24, 2.45) is 5.41 Å². The third kappa shape index (κ3) is 4.29. The van der Waals surface area contributed by atoms with Gasteiger partial charge in [-0.05, 0) is 31.2 Å². The van der Waals surface area contributed by atoms with Gasteiger partial charge in [0.05, 0.1) is 13.2 Å². The van der Waals surface area contributed by atoms with Gasteiger partial charge in [0.1, 0.15) is 12.3 Å². The number of nitrogens with zero attached hydrogens (tertiary/aromatic N) is 2. The average molecular weight is 399 g/mol. The fourth-order valence-electron chi connectivity index (χ4n) is 3.39. The lowest BCUT2D eigenvalue weighted by atomic mass is 9.86. The molecule has 2 N–H and O–H groups in total. The molecular weight excluding hydrogens is 370 g/mol. The van der Waals surface area contributed by atoms with E-state index in [9.17, 15) is 9.59 Å². The number of aliphatic hydroxyl groups is 1. The highest BCUT2D eigenvalue weighted by Crippen LogP contribution is 2.37. The largest absolute Gasteiger partial charge is 0.488 e. The zero-order chi connectivity index (χ0) is 21.2. The number of hydrogen-bond acceptors (Lipinski definition) is 5. The fraction of sp³-hybridized carbons (Fsp3) is 0.455. The Kier molecular flexibility index (Phi) is 5.98. The van der Waals surface area contributed by atoms with Crippen molar-refractivity contribution in [3.05, 3.63) is 41.6 Å². The number of ketones is 1. The van der Waals surface area contributed by atoms with Gasteiger partial charge in [-0.25, -0.2) is 0 Å². The van der Waals surface area contributed by atoms with Gasteiger partial charge in [0.15, 0.2) is 17.4 Å². The molecule has 1 amide bonds. The van der Waals surface area contributed by atoms with Crippen LogP contribution >= 0.6 is 0 Å². The number of carbonyl (C=O) groups excluding carboxylic acids is 2. The standard InChI is InChI=1S/C22H29N3O4/c1-5-24(10-12-26)21(28)17-14-18-20(23-17)25(11-13-29-18)16-8-6-15(7-9-16)19(27)22(2,3)4/h6-9,14,23,26H,5,10-13H2,1-4H3. The van der Waals surface area contributed by atoms with E-state index in [2.05, 4.69) is 4.98 Å². The first kappa shape index (κ1) is 20.9. The molecule has 2 aromatic rings. The number of H-pyrrole nitrogens is 1. The van der Waals surface area contributed by atoms with Crippen molar-refractivity contribution < 1.29 is 19.4 Å². The molecule has 0 spiro atoms. The maximum Gasteiger partial charge on any atom is 0.270 e. The number of aromatic amines is 1. The van der Waals surface area contributed by atoms with Gasteiger partial charge >= 0.3 is 0 Å². The predicted molar refractivity (Wildman–Crippen MR) is 112 cm³/mol. The molecule has 2 heterocycles. The number of Topliss-reactive ketones (excluding diaryl/α,β-unsaturated/α-hetero) is 1. The van der Waals surface area contributed by atoms with Crippen molar-refractivity contribution in [3.8, 4) is 5.75 Å². The van der Waals surface area contributed by atoms with E-state index in [1.807, 2.05) is 56.9 Å². The van der Waals surface area contributed by atoms with Gasteiger partial charge in [-0.1, -0.05) is 20.8 Å². The summed E-state index contributed by atoms with van der Waals surface area (Å²) >= 11 is 0. The second-order valence-corrected chi connectivity index (χ2v) is 8.13. The SMILES string of the molecule is CCN(CCO)C(=O)c1cc2c([nH]1)N(c1ccc(C(=O)C(C)(C)C)cc1)CCO2. The third-order valence-electron chi connectivity index (χ3n) is 5.00. The van der Waals surface area contributed by atoms with Crippen LogP contribution in [0, 0.1) is 5.41 Å². The summed E-state index contributed by atoms with van der Waals surface area (Å²) in [7, 11) is 0. The number of nitrogens with one attached hydrogen (secondary N) is 1. The van der Waals surface area contributed by atoms with Crippen LogP contribution in [-0.2, 0) is 0 Å². The Morgan fingerprint density at radius 2 is 1.93 bits per heavy atom. The van der Waals surface area contributed by atoms with E-state index in [0.717, 1.165) is 11.5 Å². The minimum absolute atomic E-state index is 0.0811. The number of ether oxygens (including phenoxy) is 1. The third-order valence-corrected chi connectivity index (χ3v) is 5.00. The van der Waals surface area contributed by atoms with Crippen LogP contribution in [0.3, 0.4) is 0 Å². The Hall–Kier alpha value is -2.80. The molecule has 1 aliphatic heterocycles. The molecule has 0 saturated carbocycles. The van der Waals surface area contributed by atoms with Gasteiger partial charge in [-0.2, -0.15) is 0 Å². The highest BCUT2D eigenvalue weighted by molar-refractivity contribution is 6.00. The van der Waals surface area contributed by atoms with Crippen molar-refractivity contribution in [1.29, 1.82) is 0 Å². The van der Waals surface area contributed by atoms with Gasteiger partial charge in [0.2, 0.25) is 0 Å². The summed E-state index contributed by atoms with van der Waals surface area (Å²) in [5.74, 6) is 1.26. The van der Waals surface area contributed by atoms with E-state index in [1.54, 1.807) is 11.0 Å². The number of hydrogen-bond donors (Lipinski definition) is 2. The van der Waals surface area contributed by atoms with Crippen LogP contribution in [0.5, 0.6) is 5.75 Å². The molecule has 7 heteroatoms. The maximum atomic E-state index is 12.7. The lowest BCUT2D eigenvalue weighted by molar-refractivity contribution is 0.0726. The number of carbonyl (C=O) groups is 2. The summed E-state index contributed by atoms with van der Waals surface area (Å²) in [6.45, 7) is 9.44. The van der Waals surface area contributed by atoms with Crippen LogP contribution in [0.1, 0.15) is 48.5 Å². The first-order valence-electron chi connectivity index (χ1n) is 9.94. The van der Waals surface area contributed by atoms with Crippen molar-refractivity contribution >= 4 is 23.2 Å². The lowest BCUT2D eigenvalue weighted by Crippen LogP contribution is -2.33. The smallest absolute Gasteiger partial charge is 0.270 e. The minimum Gasteiger partial charge on any atom is -0.488 e. The number of anilines is 2. The normalized spacial score (nSPS) is 13.6. The van der Waals surface area contributed by atoms with Gasteiger partial charge in [-0.3, -0.25) is 9.59 Å². The van der Waals surface area contributed by atoms with Crippen LogP contribution in [0.4, 0.5) is 11.5 Å². The first-order valence-corrected chi connectivity index (χ1v) is 9.94. The van der Waals surface area contributed by atoms with Gasteiger partial charge in [0, 0.05) is 35.8 Å². The summed E-state index contributed by atoms with van der Waals surface area (Å²) in [5, 5.41) is 9.17. The van der Waals surface area contributed by atoms with Crippen LogP contribution in [0.2, 0.25) is 0 Å². The zero-order valence-corrected chi connectivity index (χ0v) is 17.5. The zero-order valence-electron chi connectivity index (χ0n) is 17.5. The van der Waals surface area contributed by atoms with E-state index in [0.29, 0.717) is 36.7 Å². The van der Waals surface area contributed by atoms with Crippen molar-refractivity contribution in [2.75, 3.05) is 37.7 Å². The molecule has 1 aromatic carbocycles. The highest BCUT2D eigenvalue weighted by Gasteiger charge is 2.27. The Labute approximate surface area is 171 Å². The molecule has 0 bridgehead atoms. The number of aliphatic hydroxyl groups excluding tert-OH is 1. The van der Waals surface area contributed by atoms with Crippen LogP contribution < -0.4 is 9.64 Å². The van der Waals surface area contributed by atoms with E-state index in [4.69, 9.17) is 9.84 Å². The lowest BCUT2D eigenvalue weighted by Gasteiger charge is -2.29. The second kappa shape index (κ2) is 8.29. The highest BCUT2D eigenvalue weighted by atomic mass is 16.5. The molecule has 1 aliphatic rings. The Balaban J connectivity index is 1.87. The van der Waals surface area contributed by atoms with Gasteiger partial charge < -0.3 is 24.6 Å². The number of fused-ring (bicyclic) bond motifs is 1. The van der Waals surface area contributed by atoms with E-state index < -0.39 is 5.41 Å². The number of amides is 1. The molecule has 0 saturated heterocycles. The minimum atomic E-state index is -0.428. The van der Waals surface area contributed by atoms with E-state index in [-0.39, 0.29) is 24.8 Å². The predicted octanol–water partition coefficient (Wildman–Crippen LogP) is 3.23. The molecule has 29 heavy (non-hydrogen) atoms. The Morgan fingerprint density at radius 1 is 1.24 bits per heavy atom. The quantitative estimate of drug-likeness (QED) is 0.729. The molecular formula is C22H29N3O4. The molecule has 0 fully saturated rings. The number of benzene rings is 1. The first-order chi connectivity index (χ1) is 13.8. The van der Waals surface area contributed by atoms with E-state index in [1.165, 1.54) is 0 Å². The number of rotatable bonds is 6. The fourth-order valence-corrected chi connectivity index (χ4v) is 3.39. The molecule has 0 atom stereocenters. The average Bonchev–Trinajstić information content (AvgIpc) is 3.15. The van der Waals surface area contributed by atoms with Crippen molar-refractivity contribution in [1.82, 2.24) is 9.88 Å². The second-order valence-electron chi connectivity index (χ2n) is 8.13. The topological polar surface area (TPSA) is 85.9 Å². The summed E-state index contributed by atoms with van der Waals surface area (Å²) in [4.78, 5) is 32.0. The summed E-state index contributed by atoms with van der Waals surface area (Å²) < 4.78 is 5.74. The van der Waals surface area contributed by atoms with Crippen LogP contribution in [0.15, 0.2) is 30.3 Å². The summed E-state index contributed by atoms with van der Waals surface area (Å²) in [5.41, 5.74) is 1.60. The molecule has 1 aromatic heterocycles. The van der Waals surface area contributed by atoms with Gasteiger partial charge in [0.25, 0.3) is 5.91 Å². The summed E-state index contributed by atoms with van der Waals surface area (Å²) in [6.07, 6.45) is 0. The van der Waals surface area contributed by atoms with Crippen molar-refractivity contribution in [2.45, 2.75) is 27.7 Å².